The van der Waals surface area contributed by atoms with Gasteiger partial charge in [-0.25, -0.2) is 0 Å². The van der Waals surface area contributed by atoms with E-state index in [1.165, 1.54) is 0 Å². The van der Waals surface area contributed by atoms with Gasteiger partial charge in [-0.3, -0.25) is 0 Å². The zero-order valence-corrected chi connectivity index (χ0v) is 12.4. The minimum absolute atomic E-state index is 0.456. The van der Waals surface area contributed by atoms with Gasteiger partial charge < -0.3 is 15.1 Å². The molecule has 0 amide bonds. The second kappa shape index (κ2) is 7.93. The smallest absolute Gasteiger partial charge is 0.0916 e. The van der Waals surface area contributed by atoms with Gasteiger partial charge in [0.2, 0.25) is 0 Å². The molecule has 3 heteroatoms. The Morgan fingerprint density at radius 3 is 1.81 bits per heavy atom. The number of nitrogens with zero attached hydrogens (tertiary/aromatic N) is 1. The van der Waals surface area contributed by atoms with E-state index in [9.17, 15) is 10.2 Å². The largest absolute Gasteiger partial charge is 0.388 e. The molecule has 21 heavy (non-hydrogen) atoms. The van der Waals surface area contributed by atoms with Crippen molar-refractivity contribution in [1.82, 2.24) is 4.90 Å². The fourth-order valence-electron chi connectivity index (χ4n) is 2.35. The Morgan fingerprint density at radius 2 is 1.29 bits per heavy atom. The van der Waals surface area contributed by atoms with E-state index >= 15 is 0 Å². The van der Waals surface area contributed by atoms with Gasteiger partial charge in [-0.1, -0.05) is 60.7 Å². The molecule has 0 heterocycles. The predicted molar refractivity (Wildman–Crippen MR) is 84.9 cm³/mol. The molecule has 2 atom stereocenters. The first-order valence-corrected chi connectivity index (χ1v) is 7.31. The van der Waals surface area contributed by atoms with E-state index < -0.39 is 12.2 Å². The molecule has 0 saturated heterocycles. The van der Waals surface area contributed by atoms with Crippen molar-refractivity contribution in [3.8, 4) is 0 Å². The van der Waals surface area contributed by atoms with Gasteiger partial charge in [0.05, 0.1) is 12.2 Å². The van der Waals surface area contributed by atoms with Crippen LogP contribution in [0.2, 0.25) is 0 Å². The number of hydrogen-bond acceptors (Lipinski definition) is 3. The summed E-state index contributed by atoms with van der Waals surface area (Å²) in [4.78, 5) is 2.05. The van der Waals surface area contributed by atoms with Crippen LogP contribution in [-0.4, -0.2) is 35.3 Å². The highest BCUT2D eigenvalue weighted by Gasteiger charge is 2.12. The van der Waals surface area contributed by atoms with Crippen molar-refractivity contribution in [3.63, 3.8) is 0 Å². The second-order valence-corrected chi connectivity index (χ2v) is 5.40. The molecule has 0 fully saturated rings. The fraction of sp³-hybridized carbons (Fsp3) is 0.333. The van der Waals surface area contributed by atoms with Gasteiger partial charge in [-0.2, -0.15) is 0 Å². The Balaban J connectivity index is 1.78. The van der Waals surface area contributed by atoms with Crippen molar-refractivity contribution in [2.75, 3.05) is 20.1 Å². The summed E-state index contributed by atoms with van der Waals surface area (Å²) in [5.74, 6) is 0. The molecule has 0 aliphatic carbocycles. The molecular formula is C18H23NO2. The maximum absolute atomic E-state index is 10.2. The minimum Gasteiger partial charge on any atom is -0.388 e. The molecule has 2 N–H and O–H groups in total. The Bertz CT molecular complexity index is 515. The summed E-state index contributed by atoms with van der Waals surface area (Å²) in [5.41, 5.74) is 1.86. The third kappa shape index (κ3) is 4.97. The van der Waals surface area contributed by atoms with Gasteiger partial charge in [-0.05, 0) is 24.6 Å². The molecule has 0 aliphatic rings. The van der Waals surface area contributed by atoms with E-state index in [0.717, 1.165) is 17.7 Å². The SMILES string of the molecule is CN(CC[C@H](O)c1ccccc1)C[C@@H](O)c1ccccc1. The van der Waals surface area contributed by atoms with Crippen LogP contribution in [0.4, 0.5) is 0 Å². The lowest BCUT2D eigenvalue weighted by Gasteiger charge is -2.22. The summed E-state index contributed by atoms with van der Waals surface area (Å²) in [6, 6.07) is 19.3. The van der Waals surface area contributed by atoms with E-state index in [1.807, 2.05) is 72.6 Å². The van der Waals surface area contributed by atoms with Crippen molar-refractivity contribution in [2.24, 2.45) is 0 Å². The van der Waals surface area contributed by atoms with Gasteiger partial charge in [0, 0.05) is 13.1 Å². The molecule has 2 aromatic carbocycles. The normalized spacial score (nSPS) is 14.1. The lowest BCUT2D eigenvalue weighted by atomic mass is 10.1. The van der Waals surface area contributed by atoms with Crippen molar-refractivity contribution >= 4 is 0 Å². The molecular weight excluding hydrogens is 262 g/mol. The molecule has 0 aromatic heterocycles. The summed E-state index contributed by atoms with van der Waals surface area (Å²) < 4.78 is 0. The molecule has 0 aliphatic heterocycles. The van der Waals surface area contributed by atoms with Gasteiger partial charge in [0.15, 0.2) is 0 Å². The maximum Gasteiger partial charge on any atom is 0.0916 e. The third-order valence-electron chi connectivity index (χ3n) is 3.64. The predicted octanol–water partition coefficient (Wildman–Crippen LogP) is 2.78. The summed E-state index contributed by atoms with van der Waals surface area (Å²) >= 11 is 0. The zero-order chi connectivity index (χ0) is 15.1. The quantitative estimate of drug-likeness (QED) is 0.822. The number of aliphatic hydroxyl groups is 2. The van der Waals surface area contributed by atoms with E-state index in [-0.39, 0.29) is 0 Å². The van der Waals surface area contributed by atoms with Crippen molar-refractivity contribution in [1.29, 1.82) is 0 Å². The zero-order valence-electron chi connectivity index (χ0n) is 12.4. The van der Waals surface area contributed by atoms with Crippen molar-refractivity contribution < 1.29 is 10.2 Å². The van der Waals surface area contributed by atoms with Crippen molar-refractivity contribution in [2.45, 2.75) is 18.6 Å². The first kappa shape index (κ1) is 15.7. The van der Waals surface area contributed by atoms with Gasteiger partial charge >= 0.3 is 0 Å². The van der Waals surface area contributed by atoms with Crippen LogP contribution in [0.15, 0.2) is 60.7 Å². The van der Waals surface area contributed by atoms with Crippen molar-refractivity contribution in [3.05, 3.63) is 71.8 Å². The average molecular weight is 285 g/mol. The van der Waals surface area contributed by atoms with Gasteiger partial charge in [0.1, 0.15) is 0 Å². The number of rotatable bonds is 7. The minimum atomic E-state index is -0.495. The molecule has 0 saturated carbocycles. The Kier molecular flexibility index (Phi) is 5.93. The summed E-state index contributed by atoms with van der Waals surface area (Å²) in [5, 5.41) is 20.3. The van der Waals surface area contributed by atoms with Gasteiger partial charge in [-0.15, -0.1) is 0 Å². The van der Waals surface area contributed by atoms with Crippen LogP contribution in [0.3, 0.4) is 0 Å². The van der Waals surface area contributed by atoms with Crippen LogP contribution >= 0.6 is 0 Å². The first-order valence-electron chi connectivity index (χ1n) is 7.31. The Morgan fingerprint density at radius 1 is 0.810 bits per heavy atom. The monoisotopic (exact) mass is 285 g/mol. The summed E-state index contributed by atoms with van der Waals surface area (Å²) in [6.45, 7) is 1.30. The number of benzene rings is 2. The van der Waals surface area contributed by atoms with Gasteiger partial charge in [0.25, 0.3) is 0 Å². The fourth-order valence-corrected chi connectivity index (χ4v) is 2.35. The summed E-state index contributed by atoms with van der Waals surface area (Å²) in [7, 11) is 1.96. The molecule has 2 rings (SSSR count). The van der Waals surface area contributed by atoms with E-state index in [1.54, 1.807) is 0 Å². The molecule has 112 valence electrons. The van der Waals surface area contributed by atoms with E-state index in [0.29, 0.717) is 13.0 Å². The lowest BCUT2D eigenvalue weighted by Crippen LogP contribution is -2.26. The highest BCUT2D eigenvalue weighted by Crippen LogP contribution is 2.17. The topological polar surface area (TPSA) is 43.7 Å². The van der Waals surface area contributed by atoms with E-state index in [4.69, 9.17) is 0 Å². The highest BCUT2D eigenvalue weighted by molar-refractivity contribution is 5.18. The van der Waals surface area contributed by atoms with Crippen LogP contribution < -0.4 is 0 Å². The Hall–Kier alpha value is -1.68. The maximum atomic E-state index is 10.2. The first-order chi connectivity index (χ1) is 10.2. The third-order valence-corrected chi connectivity index (χ3v) is 3.64. The molecule has 0 bridgehead atoms. The second-order valence-electron chi connectivity index (χ2n) is 5.40. The summed E-state index contributed by atoms with van der Waals surface area (Å²) in [6.07, 6.45) is -0.297. The van der Waals surface area contributed by atoms with Crippen LogP contribution in [0.1, 0.15) is 29.8 Å². The number of likely N-dealkylation sites (N-methyl/N-ethyl adjacent to an activating group) is 1. The number of hydrogen-bond donors (Lipinski definition) is 2. The van der Waals surface area contributed by atoms with Crippen LogP contribution in [-0.2, 0) is 0 Å². The van der Waals surface area contributed by atoms with Crippen LogP contribution in [0, 0.1) is 0 Å². The molecule has 0 unspecified atom stereocenters. The average Bonchev–Trinajstić information content (AvgIpc) is 2.54. The van der Waals surface area contributed by atoms with E-state index in [2.05, 4.69) is 0 Å². The molecule has 2 aromatic rings. The molecule has 0 radical (unpaired) electrons. The standard InChI is InChI=1S/C18H23NO2/c1-19(14-18(21)16-10-6-3-7-11-16)13-12-17(20)15-8-4-2-5-9-15/h2-11,17-18,20-21H,12-14H2,1H3/t17-,18+/m0/s1. The van der Waals surface area contributed by atoms with Crippen LogP contribution in [0.25, 0.3) is 0 Å². The highest BCUT2D eigenvalue weighted by atomic mass is 16.3. The number of aliphatic hydroxyl groups excluding tert-OH is 2. The molecule has 3 nitrogen and oxygen atoms in total. The Labute approximate surface area is 126 Å². The van der Waals surface area contributed by atoms with Crippen LogP contribution in [0.5, 0.6) is 0 Å². The molecule has 0 spiro atoms. The lowest BCUT2D eigenvalue weighted by molar-refractivity contribution is 0.107.